The van der Waals surface area contributed by atoms with Crippen molar-refractivity contribution >= 4 is 29.6 Å². The summed E-state index contributed by atoms with van der Waals surface area (Å²) < 4.78 is 5.27. The monoisotopic (exact) mass is 523 g/mol. The smallest absolute Gasteiger partial charge is 0.408 e. The molecule has 1 heterocycles. The van der Waals surface area contributed by atoms with Crippen LogP contribution in [0.2, 0.25) is 0 Å². The number of carbonyl (C=O) groups excluding carboxylic acids is 5. The molecule has 3 rings (SSSR count). The Morgan fingerprint density at radius 2 is 1.42 bits per heavy atom. The molecule has 202 valence electrons. The van der Waals surface area contributed by atoms with Crippen LogP contribution in [0.3, 0.4) is 0 Å². The fourth-order valence-corrected chi connectivity index (χ4v) is 3.91. The number of hydrogen-bond acceptors (Lipinski definition) is 7. The molecule has 0 saturated carbocycles. The highest BCUT2D eigenvalue weighted by molar-refractivity contribution is 6.01. The molecule has 1 fully saturated rings. The minimum Gasteiger partial charge on any atom is -0.445 e. The SMILES string of the molecule is CC(C)C[C@H](NC(=O)OCc1ccccc1)C(=O)N[C@@H](Cc1ccccc1)C(=O)CON1C(=O)CCC1=O. The second kappa shape index (κ2) is 14.0. The van der Waals surface area contributed by atoms with Gasteiger partial charge in [0.1, 0.15) is 19.3 Å². The summed E-state index contributed by atoms with van der Waals surface area (Å²) in [6.45, 7) is 3.28. The summed E-state index contributed by atoms with van der Waals surface area (Å²) in [5.74, 6) is -2.05. The zero-order chi connectivity index (χ0) is 27.5. The van der Waals surface area contributed by atoms with Gasteiger partial charge in [-0.15, -0.1) is 0 Å². The summed E-state index contributed by atoms with van der Waals surface area (Å²) in [6, 6.07) is 16.2. The van der Waals surface area contributed by atoms with E-state index in [4.69, 9.17) is 9.57 Å². The Bertz CT molecular complexity index is 1110. The summed E-state index contributed by atoms with van der Waals surface area (Å²) in [7, 11) is 0. The van der Waals surface area contributed by atoms with Gasteiger partial charge in [-0.2, -0.15) is 5.06 Å². The van der Waals surface area contributed by atoms with Gasteiger partial charge in [-0.1, -0.05) is 74.5 Å². The highest BCUT2D eigenvalue weighted by Crippen LogP contribution is 2.13. The number of Topliss-reactive ketones (excluding diaryl/α,β-unsaturated/α-hetero) is 1. The number of ketones is 1. The number of alkyl carbamates (subject to hydrolysis) is 1. The van der Waals surface area contributed by atoms with E-state index in [1.54, 1.807) is 0 Å². The van der Waals surface area contributed by atoms with E-state index >= 15 is 0 Å². The van der Waals surface area contributed by atoms with Crippen LogP contribution in [0.4, 0.5) is 4.79 Å². The highest BCUT2D eigenvalue weighted by Gasteiger charge is 2.33. The minimum absolute atomic E-state index is 0.0279. The molecule has 4 amide bonds. The first kappa shape index (κ1) is 28.5. The first-order chi connectivity index (χ1) is 18.2. The summed E-state index contributed by atoms with van der Waals surface area (Å²) in [5.41, 5.74) is 1.59. The summed E-state index contributed by atoms with van der Waals surface area (Å²) in [5, 5.41) is 5.92. The van der Waals surface area contributed by atoms with E-state index in [1.807, 2.05) is 74.5 Å². The highest BCUT2D eigenvalue weighted by atomic mass is 16.7. The number of hydroxylamine groups is 2. The van der Waals surface area contributed by atoms with Crippen LogP contribution in [0.25, 0.3) is 0 Å². The van der Waals surface area contributed by atoms with Crippen LogP contribution in [0.1, 0.15) is 44.2 Å². The van der Waals surface area contributed by atoms with Crippen molar-refractivity contribution in [2.75, 3.05) is 6.61 Å². The second-order valence-electron chi connectivity index (χ2n) is 9.46. The van der Waals surface area contributed by atoms with Gasteiger partial charge in [0.25, 0.3) is 11.8 Å². The second-order valence-corrected chi connectivity index (χ2v) is 9.46. The zero-order valence-electron chi connectivity index (χ0n) is 21.6. The predicted octanol–water partition coefficient (Wildman–Crippen LogP) is 2.70. The van der Waals surface area contributed by atoms with Gasteiger partial charge in [-0.25, -0.2) is 4.79 Å². The van der Waals surface area contributed by atoms with Crippen molar-refractivity contribution in [1.29, 1.82) is 0 Å². The van der Waals surface area contributed by atoms with Crippen LogP contribution in [0, 0.1) is 5.92 Å². The maximum atomic E-state index is 13.3. The molecule has 10 heteroatoms. The van der Waals surface area contributed by atoms with Gasteiger partial charge in [0, 0.05) is 12.8 Å². The van der Waals surface area contributed by atoms with E-state index in [9.17, 15) is 24.0 Å². The maximum Gasteiger partial charge on any atom is 0.408 e. The molecule has 10 nitrogen and oxygen atoms in total. The molecule has 0 radical (unpaired) electrons. The standard InChI is InChI=1S/C28H33N3O7/c1-19(2)15-23(30-28(36)37-17-21-11-7-4-8-12-21)27(35)29-22(16-20-9-5-3-6-10-20)24(32)18-38-31-25(33)13-14-26(31)34/h3-12,19,22-23H,13-18H2,1-2H3,(H,29,35)(H,30,36)/t22-,23-/m0/s1. The lowest BCUT2D eigenvalue weighted by Gasteiger charge is -2.24. The van der Waals surface area contributed by atoms with E-state index in [1.165, 1.54) is 0 Å². The molecule has 2 aromatic carbocycles. The minimum atomic E-state index is -1.02. The van der Waals surface area contributed by atoms with Crippen LogP contribution in [0.5, 0.6) is 0 Å². The van der Waals surface area contributed by atoms with Crippen LogP contribution < -0.4 is 10.6 Å². The van der Waals surface area contributed by atoms with E-state index in [2.05, 4.69) is 10.6 Å². The topological polar surface area (TPSA) is 131 Å². The number of carbonyl (C=O) groups is 5. The van der Waals surface area contributed by atoms with E-state index in [0.29, 0.717) is 11.5 Å². The normalized spacial score (nSPS) is 14.8. The van der Waals surface area contributed by atoms with Crippen molar-refractivity contribution in [3.63, 3.8) is 0 Å². The number of amides is 4. The Morgan fingerprint density at radius 1 is 0.842 bits per heavy atom. The lowest BCUT2D eigenvalue weighted by Crippen LogP contribution is -2.53. The predicted molar refractivity (Wildman–Crippen MR) is 137 cm³/mol. The molecular formula is C28H33N3O7. The van der Waals surface area contributed by atoms with Crippen LogP contribution in [-0.2, 0) is 41.8 Å². The van der Waals surface area contributed by atoms with Crippen molar-refractivity contribution in [3.05, 3.63) is 71.8 Å². The van der Waals surface area contributed by atoms with E-state index in [0.717, 1.165) is 11.1 Å². The summed E-state index contributed by atoms with van der Waals surface area (Å²) in [6.07, 6.45) is -0.231. The first-order valence-electron chi connectivity index (χ1n) is 12.6. The van der Waals surface area contributed by atoms with E-state index in [-0.39, 0.29) is 31.8 Å². The molecule has 1 aliphatic heterocycles. The van der Waals surface area contributed by atoms with Gasteiger partial charge in [-0.05, 0) is 29.9 Å². The molecule has 0 spiro atoms. The average Bonchev–Trinajstić information content (AvgIpc) is 3.22. The molecule has 1 saturated heterocycles. The molecule has 38 heavy (non-hydrogen) atoms. The van der Waals surface area contributed by atoms with Crippen LogP contribution in [0.15, 0.2) is 60.7 Å². The molecule has 0 aliphatic carbocycles. The maximum absolute atomic E-state index is 13.3. The summed E-state index contributed by atoms with van der Waals surface area (Å²) in [4.78, 5) is 67.6. The van der Waals surface area contributed by atoms with Gasteiger partial charge in [0.2, 0.25) is 5.91 Å². The number of nitrogens with zero attached hydrogens (tertiary/aromatic N) is 1. The fourth-order valence-electron chi connectivity index (χ4n) is 3.91. The lowest BCUT2D eigenvalue weighted by atomic mass is 10.00. The molecule has 1 aliphatic rings. The number of rotatable bonds is 13. The van der Waals surface area contributed by atoms with E-state index < -0.39 is 48.3 Å². The molecule has 2 N–H and O–H groups in total. The lowest BCUT2D eigenvalue weighted by molar-refractivity contribution is -0.188. The van der Waals surface area contributed by atoms with Gasteiger partial charge >= 0.3 is 6.09 Å². The van der Waals surface area contributed by atoms with Crippen molar-refractivity contribution in [2.45, 2.75) is 58.2 Å². The molecular weight excluding hydrogens is 490 g/mol. The van der Waals surface area contributed by atoms with Gasteiger partial charge in [-0.3, -0.25) is 24.0 Å². The number of imide groups is 1. The van der Waals surface area contributed by atoms with Crippen LogP contribution in [-0.4, -0.2) is 53.4 Å². The fraction of sp³-hybridized carbons (Fsp3) is 0.393. The van der Waals surface area contributed by atoms with Gasteiger partial charge in [0.15, 0.2) is 5.78 Å². The largest absolute Gasteiger partial charge is 0.445 e. The third kappa shape index (κ3) is 8.81. The Hall–Kier alpha value is -4.05. The number of nitrogens with one attached hydrogen (secondary N) is 2. The Morgan fingerprint density at radius 3 is 2.00 bits per heavy atom. The first-order valence-corrected chi connectivity index (χ1v) is 12.6. The van der Waals surface area contributed by atoms with Gasteiger partial charge < -0.3 is 15.4 Å². The molecule has 0 aromatic heterocycles. The quantitative estimate of drug-likeness (QED) is 0.386. The Labute approximate surface area is 221 Å². The van der Waals surface area contributed by atoms with Crippen molar-refractivity contribution in [2.24, 2.45) is 5.92 Å². The number of benzene rings is 2. The number of hydrogen-bond donors (Lipinski definition) is 2. The van der Waals surface area contributed by atoms with Crippen LogP contribution >= 0.6 is 0 Å². The molecule has 2 atom stereocenters. The number of ether oxygens (including phenoxy) is 1. The third-order valence-corrected chi connectivity index (χ3v) is 5.86. The third-order valence-electron chi connectivity index (χ3n) is 5.86. The van der Waals surface area contributed by atoms with Crippen molar-refractivity contribution < 1.29 is 33.5 Å². The summed E-state index contributed by atoms with van der Waals surface area (Å²) >= 11 is 0. The van der Waals surface area contributed by atoms with Crippen molar-refractivity contribution in [1.82, 2.24) is 15.7 Å². The van der Waals surface area contributed by atoms with Crippen molar-refractivity contribution in [3.8, 4) is 0 Å². The molecule has 0 bridgehead atoms. The van der Waals surface area contributed by atoms with Gasteiger partial charge in [0.05, 0.1) is 6.04 Å². The molecule has 0 unspecified atom stereocenters. The Balaban J connectivity index is 1.66. The zero-order valence-corrected chi connectivity index (χ0v) is 21.6. The average molecular weight is 524 g/mol. The Kier molecular flexibility index (Phi) is 10.5. The molecule has 2 aromatic rings.